The van der Waals surface area contributed by atoms with Gasteiger partial charge in [0, 0.05) is 5.56 Å². The SMILES string of the molecule is C=C(c1ccc(C(=O)COCc2ccc(B(O)O)cc2)cc1)c1cc2c(cc1C)C(C)(C)CCC2(C)C. The van der Waals surface area contributed by atoms with Crippen LogP contribution in [-0.2, 0) is 22.2 Å². The fourth-order valence-electron chi connectivity index (χ4n) is 5.19. The van der Waals surface area contributed by atoms with Crippen LogP contribution in [0.2, 0.25) is 0 Å². The van der Waals surface area contributed by atoms with E-state index in [-0.39, 0.29) is 29.8 Å². The minimum atomic E-state index is -1.49. The van der Waals surface area contributed by atoms with E-state index in [1.807, 2.05) is 24.3 Å². The molecule has 0 aliphatic heterocycles. The lowest BCUT2D eigenvalue weighted by molar-refractivity contribution is 0.0726. The molecule has 0 aromatic heterocycles. The number of hydrogen-bond donors (Lipinski definition) is 2. The topological polar surface area (TPSA) is 66.8 Å². The van der Waals surface area contributed by atoms with Crippen molar-refractivity contribution in [3.05, 3.63) is 106 Å². The number of carbonyl (C=O) groups excluding carboxylic acids is 1. The highest BCUT2D eigenvalue weighted by Gasteiger charge is 2.37. The lowest BCUT2D eigenvalue weighted by Gasteiger charge is -2.42. The molecule has 5 heteroatoms. The molecule has 0 bridgehead atoms. The number of carbonyl (C=O) groups is 1. The highest BCUT2D eigenvalue weighted by Crippen LogP contribution is 2.47. The molecule has 37 heavy (non-hydrogen) atoms. The van der Waals surface area contributed by atoms with E-state index >= 15 is 0 Å². The molecule has 4 rings (SSSR count). The van der Waals surface area contributed by atoms with Crippen molar-refractivity contribution in [1.82, 2.24) is 0 Å². The molecule has 2 N–H and O–H groups in total. The van der Waals surface area contributed by atoms with Gasteiger partial charge in [0.2, 0.25) is 0 Å². The van der Waals surface area contributed by atoms with Crippen LogP contribution in [0, 0.1) is 6.92 Å². The summed E-state index contributed by atoms with van der Waals surface area (Å²) in [5.41, 5.74) is 9.38. The van der Waals surface area contributed by atoms with Gasteiger partial charge in [-0.05, 0) is 75.0 Å². The van der Waals surface area contributed by atoms with Crippen LogP contribution in [-0.4, -0.2) is 29.6 Å². The number of rotatable bonds is 8. The highest BCUT2D eigenvalue weighted by molar-refractivity contribution is 6.58. The molecule has 3 aromatic carbocycles. The first kappa shape index (κ1) is 27.1. The van der Waals surface area contributed by atoms with E-state index in [1.165, 1.54) is 23.1 Å². The number of aryl methyl sites for hydroxylation is 1. The van der Waals surface area contributed by atoms with Crippen molar-refractivity contribution in [3.63, 3.8) is 0 Å². The zero-order chi connectivity index (χ0) is 27.0. The zero-order valence-corrected chi connectivity index (χ0v) is 22.6. The third-order valence-corrected chi connectivity index (χ3v) is 7.86. The lowest BCUT2D eigenvalue weighted by atomic mass is 9.62. The van der Waals surface area contributed by atoms with Crippen molar-refractivity contribution >= 4 is 23.9 Å². The molecule has 0 saturated heterocycles. The molecule has 0 unspecified atom stereocenters. The maximum atomic E-state index is 12.7. The van der Waals surface area contributed by atoms with Crippen molar-refractivity contribution < 1.29 is 19.6 Å². The van der Waals surface area contributed by atoms with Gasteiger partial charge >= 0.3 is 7.12 Å². The molecular formula is C32H37BO4. The second kappa shape index (κ2) is 10.4. The molecule has 192 valence electrons. The maximum Gasteiger partial charge on any atom is 0.488 e. The first-order valence-corrected chi connectivity index (χ1v) is 12.9. The van der Waals surface area contributed by atoms with Crippen LogP contribution >= 0.6 is 0 Å². The molecule has 0 heterocycles. The maximum absolute atomic E-state index is 12.7. The van der Waals surface area contributed by atoms with E-state index < -0.39 is 7.12 Å². The number of hydrogen-bond acceptors (Lipinski definition) is 4. The molecule has 0 spiro atoms. The Morgan fingerprint density at radius 1 is 0.892 bits per heavy atom. The predicted molar refractivity (Wildman–Crippen MR) is 151 cm³/mol. The minimum absolute atomic E-state index is 0.0283. The number of benzene rings is 3. The summed E-state index contributed by atoms with van der Waals surface area (Å²) >= 11 is 0. The van der Waals surface area contributed by atoms with E-state index in [2.05, 4.69) is 53.3 Å². The summed E-state index contributed by atoms with van der Waals surface area (Å²) in [6, 6.07) is 19.1. The van der Waals surface area contributed by atoms with Gasteiger partial charge in [0.05, 0.1) is 6.61 Å². The Morgan fingerprint density at radius 2 is 1.43 bits per heavy atom. The smallest absolute Gasteiger partial charge is 0.423 e. The Labute approximate surface area is 221 Å². The largest absolute Gasteiger partial charge is 0.488 e. The summed E-state index contributed by atoms with van der Waals surface area (Å²) in [7, 11) is -1.49. The van der Waals surface area contributed by atoms with Gasteiger partial charge in [-0.25, -0.2) is 0 Å². The Bertz CT molecular complexity index is 1300. The van der Waals surface area contributed by atoms with Crippen LogP contribution in [0.4, 0.5) is 0 Å². The third kappa shape index (κ3) is 5.80. The molecular weight excluding hydrogens is 459 g/mol. The van der Waals surface area contributed by atoms with Crippen LogP contribution in [0.15, 0.2) is 67.2 Å². The summed E-state index contributed by atoms with van der Waals surface area (Å²) in [6.45, 7) is 16.2. The van der Waals surface area contributed by atoms with Gasteiger partial charge in [0.15, 0.2) is 5.78 Å². The first-order valence-electron chi connectivity index (χ1n) is 12.9. The van der Waals surface area contributed by atoms with Gasteiger partial charge in [0.1, 0.15) is 6.61 Å². The monoisotopic (exact) mass is 496 g/mol. The van der Waals surface area contributed by atoms with Gasteiger partial charge in [-0.1, -0.05) is 94.9 Å². The Morgan fingerprint density at radius 3 is 2.00 bits per heavy atom. The van der Waals surface area contributed by atoms with Crippen LogP contribution < -0.4 is 5.46 Å². The predicted octanol–water partition coefficient (Wildman–Crippen LogP) is 5.48. The molecule has 1 aliphatic rings. The molecule has 1 aliphatic carbocycles. The third-order valence-electron chi connectivity index (χ3n) is 7.86. The van der Waals surface area contributed by atoms with Crippen molar-refractivity contribution in [1.29, 1.82) is 0 Å². The fourth-order valence-corrected chi connectivity index (χ4v) is 5.19. The minimum Gasteiger partial charge on any atom is -0.423 e. The zero-order valence-electron chi connectivity index (χ0n) is 22.6. The molecule has 0 atom stereocenters. The van der Waals surface area contributed by atoms with Crippen LogP contribution in [0.1, 0.15) is 84.3 Å². The van der Waals surface area contributed by atoms with Crippen molar-refractivity contribution in [2.45, 2.75) is 64.9 Å². The van der Waals surface area contributed by atoms with E-state index in [9.17, 15) is 14.8 Å². The second-order valence-corrected chi connectivity index (χ2v) is 11.6. The van der Waals surface area contributed by atoms with Crippen molar-refractivity contribution in [2.75, 3.05) is 6.61 Å². The molecule has 0 saturated carbocycles. The second-order valence-electron chi connectivity index (χ2n) is 11.6. The van der Waals surface area contributed by atoms with Gasteiger partial charge in [-0.15, -0.1) is 0 Å². The highest BCUT2D eigenvalue weighted by atomic mass is 16.5. The number of ether oxygens (including phenoxy) is 1. The Balaban J connectivity index is 1.44. The standard InChI is InChI=1S/C32H37BO4/c1-21-17-28-29(32(5,6)16-15-31(28,3)4)18-27(21)22(2)24-9-11-25(12-10-24)30(34)20-37-19-23-7-13-26(14-8-23)33(35)36/h7-14,17-18,35-36H,2,15-16,19-20H2,1,3-6H3. The molecule has 3 aromatic rings. The summed E-state index contributed by atoms with van der Waals surface area (Å²) < 4.78 is 5.60. The summed E-state index contributed by atoms with van der Waals surface area (Å²) in [5.74, 6) is -0.0893. The van der Waals surface area contributed by atoms with Gasteiger partial charge in [0.25, 0.3) is 0 Å². The van der Waals surface area contributed by atoms with Gasteiger partial charge in [-0.2, -0.15) is 0 Å². The fraction of sp³-hybridized carbons (Fsp3) is 0.344. The number of fused-ring (bicyclic) bond motifs is 1. The van der Waals surface area contributed by atoms with E-state index in [0.29, 0.717) is 11.0 Å². The Hall–Kier alpha value is -2.99. The average Bonchev–Trinajstić information content (AvgIpc) is 2.86. The molecule has 0 amide bonds. The number of ketones is 1. The summed E-state index contributed by atoms with van der Waals surface area (Å²) in [4.78, 5) is 12.7. The van der Waals surface area contributed by atoms with Crippen LogP contribution in [0.5, 0.6) is 0 Å². The van der Waals surface area contributed by atoms with Crippen LogP contribution in [0.3, 0.4) is 0 Å². The van der Waals surface area contributed by atoms with Crippen molar-refractivity contribution in [2.24, 2.45) is 0 Å². The van der Waals surface area contributed by atoms with E-state index in [4.69, 9.17) is 4.74 Å². The summed E-state index contributed by atoms with van der Waals surface area (Å²) in [5, 5.41) is 18.4. The molecule has 0 fully saturated rings. The quantitative estimate of drug-likeness (QED) is 0.320. The normalized spacial score (nSPS) is 15.6. The van der Waals surface area contributed by atoms with E-state index in [1.54, 1.807) is 24.3 Å². The lowest BCUT2D eigenvalue weighted by Crippen LogP contribution is -2.34. The van der Waals surface area contributed by atoms with E-state index in [0.717, 1.165) is 28.7 Å². The average molecular weight is 496 g/mol. The van der Waals surface area contributed by atoms with Gasteiger partial charge < -0.3 is 14.8 Å². The molecule has 0 radical (unpaired) electrons. The Kier molecular flexibility index (Phi) is 7.61. The number of Topliss-reactive ketones (excluding diaryl/α,β-unsaturated/α-hetero) is 1. The van der Waals surface area contributed by atoms with Gasteiger partial charge in [-0.3, -0.25) is 4.79 Å². The summed E-state index contributed by atoms with van der Waals surface area (Å²) in [6.07, 6.45) is 2.35. The first-order chi connectivity index (χ1) is 17.4. The van der Waals surface area contributed by atoms with Crippen molar-refractivity contribution in [3.8, 4) is 0 Å². The van der Waals surface area contributed by atoms with Crippen LogP contribution in [0.25, 0.3) is 5.57 Å². The molecule has 4 nitrogen and oxygen atoms in total.